The summed E-state index contributed by atoms with van der Waals surface area (Å²) in [6.45, 7) is 1.98. The van der Waals surface area contributed by atoms with Crippen molar-refractivity contribution in [2.75, 3.05) is 18.4 Å². The number of rotatable bonds is 4. The second-order valence-corrected chi connectivity index (χ2v) is 10.6. The third-order valence-electron chi connectivity index (χ3n) is 8.06. The number of alkyl halides is 6. The number of anilines is 1. The van der Waals surface area contributed by atoms with E-state index >= 15 is 0 Å². The Labute approximate surface area is 236 Å². The highest BCUT2D eigenvalue weighted by Crippen LogP contribution is 2.51. The average Bonchev–Trinajstić information content (AvgIpc) is 3.30. The summed E-state index contributed by atoms with van der Waals surface area (Å²) >= 11 is 0. The molecule has 4 aromatic carbocycles. The molecule has 1 fully saturated rings. The molecule has 1 aliphatic rings. The predicted molar refractivity (Wildman–Crippen MR) is 143 cm³/mol. The molecule has 5 rings (SSSR count). The minimum atomic E-state index is -6.01. The van der Waals surface area contributed by atoms with Crippen LogP contribution in [0.3, 0.4) is 0 Å². The molecule has 0 unspecified atom stereocenters. The van der Waals surface area contributed by atoms with Gasteiger partial charge in [0.15, 0.2) is 0 Å². The molecule has 0 aromatic heterocycles. The number of carbonyl (C=O) groups excluding carboxylic acids is 1. The number of carbonyl (C=O) groups is 1. The van der Waals surface area contributed by atoms with Gasteiger partial charge in [-0.3, -0.25) is 0 Å². The zero-order valence-corrected chi connectivity index (χ0v) is 22.1. The number of halogens is 7. The van der Waals surface area contributed by atoms with Gasteiger partial charge in [0, 0.05) is 35.4 Å². The quantitative estimate of drug-likeness (QED) is 0.238. The van der Waals surface area contributed by atoms with Crippen LogP contribution in [0.15, 0.2) is 91.0 Å². The van der Waals surface area contributed by atoms with Gasteiger partial charge >= 0.3 is 18.4 Å². The Bertz CT molecular complexity index is 1580. The van der Waals surface area contributed by atoms with E-state index in [4.69, 9.17) is 0 Å². The Balaban J connectivity index is 1.50. The lowest BCUT2D eigenvalue weighted by Gasteiger charge is -2.34. The van der Waals surface area contributed by atoms with Crippen molar-refractivity contribution in [1.82, 2.24) is 4.90 Å². The van der Waals surface area contributed by atoms with E-state index in [1.54, 1.807) is 19.1 Å². The average molecular weight is 591 g/mol. The van der Waals surface area contributed by atoms with Crippen molar-refractivity contribution in [3.05, 3.63) is 114 Å². The molecule has 0 bridgehead atoms. The first kappa shape index (κ1) is 29.4. The number of urea groups is 1. The van der Waals surface area contributed by atoms with Crippen LogP contribution in [0.25, 0.3) is 10.8 Å². The molecule has 1 heterocycles. The van der Waals surface area contributed by atoms with Crippen molar-refractivity contribution in [2.24, 2.45) is 0 Å². The van der Waals surface area contributed by atoms with Gasteiger partial charge in [-0.05, 0) is 34.7 Å². The number of amides is 2. The number of hydrogen-bond acceptors (Lipinski definition) is 2. The van der Waals surface area contributed by atoms with Crippen LogP contribution in [0.4, 0.5) is 41.2 Å². The highest BCUT2D eigenvalue weighted by atomic mass is 19.4. The van der Waals surface area contributed by atoms with Crippen LogP contribution in [-0.4, -0.2) is 41.5 Å². The number of fused-ring (bicyclic) bond motifs is 1. The molecule has 2 amide bonds. The summed E-state index contributed by atoms with van der Waals surface area (Å²) in [5.74, 6) is -1.09. The summed E-state index contributed by atoms with van der Waals surface area (Å²) in [4.78, 5) is 15.0. The first-order valence-electron chi connectivity index (χ1n) is 12.9. The summed E-state index contributed by atoms with van der Waals surface area (Å²) in [5, 5.41) is 14.4. The van der Waals surface area contributed by atoms with E-state index < -0.39 is 46.7 Å². The maximum absolute atomic E-state index is 13.8. The number of aliphatic hydroxyl groups is 1. The minimum absolute atomic E-state index is 0.0621. The van der Waals surface area contributed by atoms with Gasteiger partial charge in [-0.15, -0.1) is 0 Å². The molecule has 220 valence electrons. The SMILES string of the molecule is C[C@]1(c2ccc(F)cc2)CN(C(=O)Nc2cccc3ccccc23)C[C@H]1c1ccc(C(O)(C(F)(F)F)C(F)(F)F)cc1. The van der Waals surface area contributed by atoms with Crippen molar-refractivity contribution in [3.8, 4) is 0 Å². The summed E-state index contributed by atoms with van der Waals surface area (Å²) in [5.41, 5.74) is -5.79. The van der Waals surface area contributed by atoms with Crippen molar-refractivity contribution >= 4 is 22.5 Å². The van der Waals surface area contributed by atoms with Gasteiger partial charge in [0.2, 0.25) is 0 Å². The fourth-order valence-electron chi connectivity index (χ4n) is 5.72. The van der Waals surface area contributed by atoms with Crippen LogP contribution < -0.4 is 5.32 Å². The number of nitrogens with zero attached hydrogens (tertiary/aromatic N) is 1. The van der Waals surface area contributed by atoms with E-state index in [2.05, 4.69) is 5.32 Å². The third kappa shape index (κ3) is 4.95. The standard InChI is InChI=1S/C31H25F7N2O2/c1-28(21-13-15-23(32)16-14-21)18-40(27(41)39-26-8-4-6-19-5-2-3-7-24(19)26)17-25(28)20-9-11-22(12-10-20)29(42,30(33,34)35)31(36,37)38/h2-16,25,42H,17-18H2,1H3,(H,39,41)/t25-,28+/m0/s1. The Morgan fingerprint density at radius 2 is 1.45 bits per heavy atom. The van der Waals surface area contributed by atoms with Crippen LogP contribution in [-0.2, 0) is 11.0 Å². The van der Waals surface area contributed by atoms with E-state index in [1.165, 1.54) is 29.2 Å². The van der Waals surface area contributed by atoms with Gasteiger partial charge < -0.3 is 15.3 Å². The summed E-state index contributed by atoms with van der Waals surface area (Å²) in [6.07, 6.45) is -12.0. The molecule has 4 aromatic rings. The smallest absolute Gasteiger partial charge is 0.369 e. The molecule has 1 saturated heterocycles. The van der Waals surface area contributed by atoms with Gasteiger partial charge in [0.25, 0.3) is 5.60 Å². The lowest BCUT2D eigenvalue weighted by atomic mass is 9.71. The molecule has 11 heteroatoms. The van der Waals surface area contributed by atoms with Crippen LogP contribution in [0.2, 0.25) is 0 Å². The number of likely N-dealkylation sites (tertiary alicyclic amines) is 1. The molecule has 4 nitrogen and oxygen atoms in total. The number of nitrogens with one attached hydrogen (secondary N) is 1. The fraction of sp³-hybridized carbons (Fsp3) is 0.258. The van der Waals surface area contributed by atoms with Gasteiger partial charge in [-0.1, -0.05) is 79.7 Å². The van der Waals surface area contributed by atoms with Crippen molar-refractivity contribution in [1.29, 1.82) is 0 Å². The zero-order valence-electron chi connectivity index (χ0n) is 22.1. The first-order chi connectivity index (χ1) is 19.6. The molecule has 0 radical (unpaired) electrons. The van der Waals surface area contributed by atoms with E-state index in [9.17, 15) is 40.6 Å². The molecule has 1 aliphatic heterocycles. The van der Waals surface area contributed by atoms with Gasteiger partial charge in [0.1, 0.15) is 5.82 Å². The number of hydrogen-bond donors (Lipinski definition) is 2. The Hall–Kier alpha value is -4.12. The van der Waals surface area contributed by atoms with Gasteiger partial charge in [-0.2, -0.15) is 26.3 Å². The van der Waals surface area contributed by atoms with E-state index in [-0.39, 0.29) is 13.1 Å². The van der Waals surface area contributed by atoms with Crippen molar-refractivity contribution < 1.29 is 40.6 Å². The Morgan fingerprint density at radius 1 is 0.857 bits per heavy atom. The van der Waals surface area contributed by atoms with Crippen LogP contribution in [0.5, 0.6) is 0 Å². The molecule has 42 heavy (non-hydrogen) atoms. The minimum Gasteiger partial charge on any atom is -0.369 e. The maximum Gasteiger partial charge on any atom is 0.430 e. The molecule has 2 N–H and O–H groups in total. The lowest BCUT2D eigenvalue weighted by molar-refractivity contribution is -0.376. The van der Waals surface area contributed by atoms with Crippen molar-refractivity contribution in [3.63, 3.8) is 0 Å². The molecular weight excluding hydrogens is 565 g/mol. The van der Waals surface area contributed by atoms with E-state index in [0.29, 0.717) is 28.9 Å². The Kier molecular flexibility index (Phi) is 7.21. The van der Waals surface area contributed by atoms with Gasteiger partial charge in [0.05, 0.1) is 5.69 Å². The molecule has 0 aliphatic carbocycles. The first-order valence-corrected chi connectivity index (χ1v) is 12.9. The fourth-order valence-corrected chi connectivity index (χ4v) is 5.72. The van der Waals surface area contributed by atoms with Crippen LogP contribution >= 0.6 is 0 Å². The largest absolute Gasteiger partial charge is 0.430 e. The molecular formula is C31H25F7N2O2. The predicted octanol–water partition coefficient (Wildman–Crippen LogP) is 7.88. The van der Waals surface area contributed by atoms with Crippen molar-refractivity contribution in [2.45, 2.75) is 36.2 Å². The zero-order chi connectivity index (χ0) is 30.5. The van der Waals surface area contributed by atoms with E-state index in [0.717, 1.165) is 22.9 Å². The second kappa shape index (κ2) is 10.3. The topological polar surface area (TPSA) is 52.6 Å². The molecule has 2 atom stereocenters. The normalized spacial score (nSPS) is 19.7. The summed E-state index contributed by atoms with van der Waals surface area (Å²) in [7, 11) is 0. The second-order valence-electron chi connectivity index (χ2n) is 10.6. The maximum atomic E-state index is 13.8. The summed E-state index contributed by atoms with van der Waals surface area (Å²) in [6, 6.07) is 21.4. The highest BCUT2D eigenvalue weighted by molar-refractivity contribution is 6.01. The third-order valence-corrected chi connectivity index (χ3v) is 8.06. The highest BCUT2D eigenvalue weighted by Gasteiger charge is 2.71. The number of benzene rings is 4. The molecule has 0 saturated carbocycles. The van der Waals surface area contributed by atoms with Crippen LogP contribution in [0, 0.1) is 5.82 Å². The summed E-state index contributed by atoms with van der Waals surface area (Å²) < 4.78 is 94.3. The lowest BCUT2D eigenvalue weighted by Crippen LogP contribution is -2.53. The molecule has 0 spiro atoms. The van der Waals surface area contributed by atoms with E-state index in [1.807, 2.05) is 30.3 Å². The van der Waals surface area contributed by atoms with Gasteiger partial charge in [-0.25, -0.2) is 9.18 Å². The van der Waals surface area contributed by atoms with Crippen LogP contribution in [0.1, 0.15) is 29.5 Å². The monoisotopic (exact) mass is 590 g/mol. The Morgan fingerprint density at radius 3 is 2.07 bits per heavy atom.